The Morgan fingerprint density at radius 1 is 1.38 bits per heavy atom. The molecule has 1 heterocycles. The van der Waals surface area contributed by atoms with Gasteiger partial charge in [-0.2, -0.15) is 0 Å². The van der Waals surface area contributed by atoms with E-state index in [0.717, 1.165) is 11.5 Å². The first-order valence-electron chi connectivity index (χ1n) is 7.09. The molecule has 0 bridgehead atoms. The van der Waals surface area contributed by atoms with E-state index in [0.29, 0.717) is 11.1 Å². The summed E-state index contributed by atoms with van der Waals surface area (Å²) in [4.78, 5) is 16.3. The van der Waals surface area contributed by atoms with Crippen LogP contribution >= 0.6 is 11.8 Å². The molecule has 5 nitrogen and oxygen atoms in total. The van der Waals surface area contributed by atoms with Crippen LogP contribution in [0.5, 0.6) is 0 Å². The fourth-order valence-corrected chi connectivity index (χ4v) is 2.95. The van der Waals surface area contributed by atoms with Gasteiger partial charge in [0.2, 0.25) is 11.1 Å². The van der Waals surface area contributed by atoms with Gasteiger partial charge < -0.3 is 5.32 Å². The molecule has 0 aliphatic heterocycles. The van der Waals surface area contributed by atoms with Crippen LogP contribution in [-0.2, 0) is 4.79 Å². The third-order valence-electron chi connectivity index (χ3n) is 3.45. The fourth-order valence-electron chi connectivity index (χ4n) is 2.13. The molecule has 6 heteroatoms. The molecule has 21 heavy (non-hydrogen) atoms. The maximum absolute atomic E-state index is 11.6. The van der Waals surface area contributed by atoms with Crippen LogP contribution in [0, 0.1) is 0 Å². The van der Waals surface area contributed by atoms with Gasteiger partial charge in [0.05, 0.1) is 10.9 Å². The molecule has 1 saturated carbocycles. The Balaban J connectivity index is 1.88. The number of benzene rings is 1. The summed E-state index contributed by atoms with van der Waals surface area (Å²) in [5.74, 6) is 1.50. The predicted octanol–water partition coefficient (Wildman–Crippen LogP) is 2.37. The summed E-state index contributed by atoms with van der Waals surface area (Å²) in [7, 11) is 1.64. The normalized spacial score (nSPS) is 15.7. The van der Waals surface area contributed by atoms with Gasteiger partial charge in [-0.15, -0.1) is 5.10 Å². The Bertz CT molecular complexity index is 636. The zero-order chi connectivity index (χ0) is 14.8. The lowest BCUT2D eigenvalue weighted by atomic mass is 10.3. The first-order valence-corrected chi connectivity index (χ1v) is 7.97. The molecule has 1 aliphatic rings. The van der Waals surface area contributed by atoms with Crippen LogP contribution in [-0.4, -0.2) is 33.0 Å². The first-order chi connectivity index (χ1) is 10.2. The average Bonchev–Trinajstić information content (AvgIpc) is 3.28. The standard InChI is InChI=1S/C15H18N4OS/c1-10(14(20)16-2)21-15-17-13(11-8-9-11)19(18-15)12-6-4-3-5-7-12/h3-7,10-11H,8-9H2,1-2H3,(H,16,20)/t10-/m1/s1. The van der Waals surface area contributed by atoms with Crippen LogP contribution in [0.3, 0.4) is 0 Å². The minimum atomic E-state index is -0.200. The van der Waals surface area contributed by atoms with Crippen molar-refractivity contribution >= 4 is 17.7 Å². The number of amides is 1. The maximum atomic E-state index is 11.6. The van der Waals surface area contributed by atoms with E-state index in [1.807, 2.05) is 41.9 Å². The molecule has 1 aliphatic carbocycles. The van der Waals surface area contributed by atoms with Gasteiger partial charge >= 0.3 is 0 Å². The van der Waals surface area contributed by atoms with Gasteiger partial charge in [-0.25, -0.2) is 9.67 Å². The number of hydrogen-bond donors (Lipinski definition) is 1. The molecule has 1 aromatic carbocycles. The topological polar surface area (TPSA) is 59.8 Å². The summed E-state index contributed by atoms with van der Waals surface area (Å²) < 4.78 is 1.91. The molecule has 1 amide bonds. The van der Waals surface area contributed by atoms with Crippen LogP contribution in [0.4, 0.5) is 0 Å². The highest BCUT2D eigenvalue weighted by molar-refractivity contribution is 8.00. The van der Waals surface area contributed by atoms with Gasteiger partial charge in [0, 0.05) is 13.0 Å². The SMILES string of the molecule is CNC(=O)[C@@H](C)Sc1nc(C2CC2)n(-c2ccccc2)n1. The molecule has 1 fully saturated rings. The lowest BCUT2D eigenvalue weighted by molar-refractivity contribution is -0.119. The van der Waals surface area contributed by atoms with Crippen molar-refractivity contribution in [1.82, 2.24) is 20.1 Å². The minimum Gasteiger partial charge on any atom is -0.358 e. The van der Waals surface area contributed by atoms with E-state index in [-0.39, 0.29) is 11.2 Å². The molecule has 0 radical (unpaired) electrons. The number of rotatable bonds is 5. The summed E-state index contributed by atoms with van der Waals surface area (Å²) >= 11 is 1.40. The Labute approximate surface area is 128 Å². The van der Waals surface area contributed by atoms with Gasteiger partial charge in [-0.1, -0.05) is 30.0 Å². The lowest BCUT2D eigenvalue weighted by Gasteiger charge is -2.05. The van der Waals surface area contributed by atoms with Gasteiger partial charge in [0.25, 0.3) is 0 Å². The summed E-state index contributed by atoms with van der Waals surface area (Å²) in [5, 5.41) is 7.70. The van der Waals surface area contributed by atoms with Gasteiger partial charge in [-0.05, 0) is 31.9 Å². The van der Waals surface area contributed by atoms with Gasteiger partial charge in [-0.3, -0.25) is 4.79 Å². The smallest absolute Gasteiger partial charge is 0.233 e. The number of nitrogens with one attached hydrogen (secondary N) is 1. The molecule has 0 unspecified atom stereocenters. The van der Waals surface area contributed by atoms with Crippen LogP contribution in [0.15, 0.2) is 35.5 Å². The third kappa shape index (κ3) is 3.10. The second kappa shape index (κ2) is 5.89. The van der Waals surface area contributed by atoms with E-state index < -0.39 is 0 Å². The molecule has 1 atom stereocenters. The van der Waals surface area contributed by atoms with Crippen molar-refractivity contribution < 1.29 is 4.79 Å². The number of carbonyl (C=O) groups excluding carboxylic acids is 1. The molecular weight excluding hydrogens is 284 g/mol. The molecular formula is C15H18N4OS. The number of aromatic nitrogens is 3. The maximum Gasteiger partial charge on any atom is 0.233 e. The Kier molecular flexibility index (Phi) is 3.96. The number of carbonyl (C=O) groups is 1. The quantitative estimate of drug-likeness (QED) is 0.862. The highest BCUT2D eigenvalue weighted by Gasteiger charge is 2.31. The number of thioether (sulfide) groups is 1. The van der Waals surface area contributed by atoms with Gasteiger partial charge in [0.1, 0.15) is 5.82 Å². The molecule has 3 rings (SSSR count). The molecule has 110 valence electrons. The summed E-state index contributed by atoms with van der Waals surface area (Å²) in [6.45, 7) is 1.86. The van der Waals surface area contributed by atoms with Crippen LogP contribution in [0.1, 0.15) is 31.5 Å². The van der Waals surface area contributed by atoms with E-state index in [4.69, 9.17) is 0 Å². The predicted molar refractivity (Wildman–Crippen MR) is 82.7 cm³/mol. The zero-order valence-electron chi connectivity index (χ0n) is 12.1. The number of nitrogens with zero attached hydrogens (tertiary/aromatic N) is 3. The zero-order valence-corrected chi connectivity index (χ0v) is 12.9. The summed E-state index contributed by atoms with van der Waals surface area (Å²) in [6.07, 6.45) is 2.33. The fraction of sp³-hybridized carbons (Fsp3) is 0.400. The Morgan fingerprint density at radius 2 is 2.10 bits per heavy atom. The first kappa shape index (κ1) is 14.1. The van der Waals surface area contributed by atoms with Crippen molar-refractivity contribution in [2.45, 2.75) is 36.1 Å². The minimum absolute atomic E-state index is 0.0102. The van der Waals surface area contributed by atoms with E-state index in [1.165, 1.54) is 24.6 Å². The van der Waals surface area contributed by atoms with Crippen LogP contribution in [0.2, 0.25) is 0 Å². The second-order valence-corrected chi connectivity index (χ2v) is 6.46. The van der Waals surface area contributed by atoms with Crippen LogP contribution in [0.25, 0.3) is 5.69 Å². The molecule has 0 saturated heterocycles. The lowest BCUT2D eigenvalue weighted by Crippen LogP contribution is -2.27. The molecule has 2 aromatic rings. The van der Waals surface area contributed by atoms with Crippen molar-refractivity contribution in [2.24, 2.45) is 0 Å². The number of hydrogen-bond acceptors (Lipinski definition) is 4. The van der Waals surface area contributed by atoms with E-state index in [2.05, 4.69) is 15.4 Å². The molecule has 0 spiro atoms. The average molecular weight is 302 g/mol. The van der Waals surface area contributed by atoms with Crippen molar-refractivity contribution in [1.29, 1.82) is 0 Å². The Hall–Kier alpha value is -1.82. The van der Waals surface area contributed by atoms with Crippen molar-refractivity contribution in [3.05, 3.63) is 36.2 Å². The van der Waals surface area contributed by atoms with E-state index >= 15 is 0 Å². The van der Waals surface area contributed by atoms with E-state index in [9.17, 15) is 4.79 Å². The number of para-hydroxylation sites is 1. The largest absolute Gasteiger partial charge is 0.358 e. The molecule has 1 aromatic heterocycles. The third-order valence-corrected chi connectivity index (χ3v) is 4.41. The van der Waals surface area contributed by atoms with E-state index in [1.54, 1.807) is 7.05 Å². The highest BCUT2D eigenvalue weighted by Crippen LogP contribution is 2.40. The Morgan fingerprint density at radius 3 is 2.71 bits per heavy atom. The van der Waals surface area contributed by atoms with Crippen molar-refractivity contribution in [3.63, 3.8) is 0 Å². The van der Waals surface area contributed by atoms with Gasteiger partial charge in [0.15, 0.2) is 0 Å². The summed E-state index contributed by atoms with van der Waals surface area (Å²) in [5.41, 5.74) is 1.02. The van der Waals surface area contributed by atoms with Crippen molar-refractivity contribution in [2.75, 3.05) is 7.05 Å². The van der Waals surface area contributed by atoms with Crippen molar-refractivity contribution in [3.8, 4) is 5.69 Å². The second-order valence-electron chi connectivity index (χ2n) is 5.15. The highest BCUT2D eigenvalue weighted by atomic mass is 32.2. The summed E-state index contributed by atoms with van der Waals surface area (Å²) in [6, 6.07) is 10.0. The van der Waals surface area contributed by atoms with Crippen LogP contribution < -0.4 is 5.32 Å². The molecule has 1 N–H and O–H groups in total. The monoisotopic (exact) mass is 302 g/mol.